The van der Waals surface area contributed by atoms with Crippen molar-refractivity contribution in [3.8, 4) is 0 Å². The van der Waals surface area contributed by atoms with Gasteiger partial charge >= 0.3 is 0 Å². The van der Waals surface area contributed by atoms with Gasteiger partial charge in [0.1, 0.15) is 0 Å². The monoisotopic (exact) mass is 313 g/mol. The van der Waals surface area contributed by atoms with E-state index in [0.717, 1.165) is 6.54 Å². The number of halogens is 2. The zero-order valence-electron chi connectivity index (χ0n) is 3.70. The van der Waals surface area contributed by atoms with E-state index in [4.69, 9.17) is 0 Å². The Bertz CT molecular complexity index is 16.3. The molecule has 0 aliphatic carbocycles. The van der Waals surface area contributed by atoms with Crippen LogP contribution in [0.25, 0.3) is 0 Å². The van der Waals surface area contributed by atoms with Crippen LogP contribution in [0.4, 0.5) is 0 Å². The summed E-state index contributed by atoms with van der Waals surface area (Å²) in [5, 5.41) is 3.01. The van der Waals surface area contributed by atoms with Crippen LogP contribution in [0.3, 0.4) is 0 Å². The van der Waals surface area contributed by atoms with Gasteiger partial charge in [0, 0.05) is 11.0 Å². The Kier molecular flexibility index (Phi) is 16.7. The van der Waals surface area contributed by atoms with E-state index in [2.05, 4.69) is 27.9 Å². The van der Waals surface area contributed by atoms with Gasteiger partial charge in [-0.05, 0) is 7.05 Å². The minimum Gasteiger partial charge on any atom is -0.319 e. The first kappa shape index (κ1) is 10.4. The van der Waals surface area contributed by atoms with Gasteiger partial charge in [0.2, 0.25) is 0 Å². The highest BCUT2D eigenvalue weighted by molar-refractivity contribution is 14.1. The number of hydrogen-bond donors (Lipinski definition) is 1. The number of hydrogen-bond acceptors (Lipinski definition) is 1. The molecule has 0 saturated heterocycles. The van der Waals surface area contributed by atoms with E-state index in [1.165, 1.54) is 4.43 Å². The molecule has 0 amide bonds. The lowest BCUT2D eigenvalue weighted by atomic mass is 10.8. The summed E-state index contributed by atoms with van der Waals surface area (Å²) in [6, 6.07) is 0. The molecule has 0 fully saturated rings. The van der Waals surface area contributed by atoms with Gasteiger partial charge in [0.05, 0.1) is 0 Å². The molecule has 40 valence electrons. The highest BCUT2D eigenvalue weighted by Gasteiger charge is 1.66. The molecule has 0 unspecified atom stereocenters. The fourth-order valence-electron chi connectivity index (χ4n) is 0.0945. The largest absolute Gasteiger partial charge is 0.319 e. The second-order valence-corrected chi connectivity index (χ2v) is 1.87. The summed E-state index contributed by atoms with van der Waals surface area (Å²) in [5.74, 6) is 0. The first-order valence-electron chi connectivity index (χ1n) is 1.62. The van der Waals surface area contributed by atoms with Gasteiger partial charge in [-0.3, -0.25) is 0 Å². The van der Waals surface area contributed by atoms with Crippen LogP contribution in [0.1, 0.15) is 0 Å². The van der Waals surface area contributed by atoms with Crippen molar-refractivity contribution in [3.63, 3.8) is 0 Å². The standard InChI is InChI=1S/C3H8IN.HI/c1-5-3-2-4;/h5H,2-3H2,1H3;1H. The Hall–Kier alpha value is 1.42. The van der Waals surface area contributed by atoms with Gasteiger partial charge in [0.25, 0.3) is 0 Å². The van der Waals surface area contributed by atoms with E-state index in [1.807, 2.05) is 7.05 Å². The Balaban J connectivity index is 0. The SMILES string of the molecule is CNCCI.I. The summed E-state index contributed by atoms with van der Waals surface area (Å²) in [4.78, 5) is 0. The van der Waals surface area contributed by atoms with E-state index in [9.17, 15) is 0 Å². The molecule has 0 rings (SSSR count). The van der Waals surface area contributed by atoms with Crippen molar-refractivity contribution in [1.29, 1.82) is 0 Å². The first-order chi connectivity index (χ1) is 2.41. The van der Waals surface area contributed by atoms with Crippen LogP contribution in [0.15, 0.2) is 0 Å². The molecule has 0 saturated carbocycles. The zero-order chi connectivity index (χ0) is 4.12. The minimum atomic E-state index is 0. The average molecular weight is 313 g/mol. The molecule has 0 spiro atoms. The molecule has 0 aliphatic rings. The maximum absolute atomic E-state index is 3.01. The smallest absolute Gasteiger partial charge is 0.0121 e. The van der Waals surface area contributed by atoms with Gasteiger partial charge in [0.15, 0.2) is 0 Å². The van der Waals surface area contributed by atoms with Gasteiger partial charge < -0.3 is 5.32 Å². The lowest BCUT2D eigenvalue weighted by molar-refractivity contribution is 0.880. The third-order valence-corrected chi connectivity index (χ3v) is 0.884. The Morgan fingerprint density at radius 3 is 2.17 bits per heavy atom. The van der Waals surface area contributed by atoms with Gasteiger partial charge in [-0.2, -0.15) is 0 Å². The van der Waals surface area contributed by atoms with Crippen molar-refractivity contribution in [3.05, 3.63) is 0 Å². The summed E-state index contributed by atoms with van der Waals surface area (Å²) >= 11 is 2.32. The molecule has 0 heterocycles. The van der Waals surface area contributed by atoms with Crippen LogP contribution < -0.4 is 5.32 Å². The molecule has 0 radical (unpaired) electrons. The van der Waals surface area contributed by atoms with E-state index < -0.39 is 0 Å². The van der Waals surface area contributed by atoms with Crippen molar-refractivity contribution in [2.75, 3.05) is 18.0 Å². The lowest BCUT2D eigenvalue weighted by Gasteiger charge is -1.83. The number of rotatable bonds is 2. The molecule has 1 nitrogen and oxygen atoms in total. The van der Waals surface area contributed by atoms with Crippen molar-refractivity contribution in [2.24, 2.45) is 0 Å². The summed E-state index contributed by atoms with van der Waals surface area (Å²) in [5.41, 5.74) is 0. The predicted octanol–water partition coefficient (Wildman–Crippen LogP) is 1.26. The maximum atomic E-state index is 3.01. The van der Waals surface area contributed by atoms with Crippen LogP contribution in [0, 0.1) is 0 Å². The molecular weight excluding hydrogens is 304 g/mol. The molecule has 0 atom stereocenters. The fourth-order valence-corrected chi connectivity index (χ4v) is 0.634. The van der Waals surface area contributed by atoms with Crippen molar-refractivity contribution >= 4 is 46.6 Å². The molecule has 0 aromatic rings. The highest BCUT2D eigenvalue weighted by atomic mass is 127. The van der Waals surface area contributed by atoms with E-state index in [-0.39, 0.29) is 24.0 Å². The summed E-state index contributed by atoms with van der Waals surface area (Å²) in [6.45, 7) is 1.13. The van der Waals surface area contributed by atoms with Gasteiger partial charge in [-0.25, -0.2) is 0 Å². The summed E-state index contributed by atoms with van der Waals surface area (Å²) < 4.78 is 1.20. The molecule has 0 aromatic carbocycles. The van der Waals surface area contributed by atoms with Crippen LogP contribution in [-0.2, 0) is 0 Å². The third-order valence-electron chi connectivity index (χ3n) is 0.344. The van der Waals surface area contributed by atoms with Crippen molar-refractivity contribution in [2.45, 2.75) is 0 Å². The second-order valence-electron chi connectivity index (χ2n) is 0.793. The van der Waals surface area contributed by atoms with E-state index in [1.54, 1.807) is 0 Å². The topological polar surface area (TPSA) is 12.0 Å². The van der Waals surface area contributed by atoms with Crippen LogP contribution in [0.5, 0.6) is 0 Å². The summed E-state index contributed by atoms with van der Waals surface area (Å²) in [6.07, 6.45) is 0. The molecule has 1 N–H and O–H groups in total. The maximum Gasteiger partial charge on any atom is 0.0121 e. The molecule has 3 heteroatoms. The normalized spacial score (nSPS) is 7.00. The number of alkyl halides is 1. The van der Waals surface area contributed by atoms with E-state index >= 15 is 0 Å². The van der Waals surface area contributed by atoms with Crippen LogP contribution in [0.2, 0.25) is 0 Å². The molecule has 0 bridgehead atoms. The van der Waals surface area contributed by atoms with E-state index in [0.29, 0.717) is 0 Å². The lowest BCUT2D eigenvalue weighted by Crippen LogP contribution is -2.07. The second kappa shape index (κ2) is 9.65. The van der Waals surface area contributed by atoms with Gasteiger partial charge in [-0.1, -0.05) is 22.6 Å². The molecule has 0 aromatic heterocycles. The Morgan fingerprint density at radius 2 is 2.17 bits per heavy atom. The number of nitrogens with one attached hydrogen (secondary N) is 1. The third kappa shape index (κ3) is 9.05. The predicted molar refractivity (Wildman–Crippen MR) is 48.2 cm³/mol. The summed E-state index contributed by atoms with van der Waals surface area (Å²) in [7, 11) is 1.96. The molecular formula is C3H9I2N. The molecule has 6 heavy (non-hydrogen) atoms. The Morgan fingerprint density at radius 1 is 1.67 bits per heavy atom. The Labute approximate surface area is 69.4 Å². The zero-order valence-corrected chi connectivity index (χ0v) is 8.19. The average Bonchev–Trinajstić information content (AvgIpc) is 1.41. The van der Waals surface area contributed by atoms with Crippen molar-refractivity contribution in [1.82, 2.24) is 5.32 Å². The minimum absolute atomic E-state index is 0. The van der Waals surface area contributed by atoms with Crippen LogP contribution in [-0.4, -0.2) is 18.0 Å². The first-order valence-corrected chi connectivity index (χ1v) is 3.15. The van der Waals surface area contributed by atoms with Crippen molar-refractivity contribution < 1.29 is 0 Å². The highest BCUT2D eigenvalue weighted by Crippen LogP contribution is 1.72. The van der Waals surface area contributed by atoms with Gasteiger partial charge in [-0.15, -0.1) is 24.0 Å². The van der Waals surface area contributed by atoms with Crippen LogP contribution >= 0.6 is 46.6 Å². The fraction of sp³-hybridized carbons (Fsp3) is 1.00. The quantitative estimate of drug-likeness (QED) is 0.598. The molecule has 0 aliphatic heterocycles.